The molecule has 1 unspecified atom stereocenters. The monoisotopic (exact) mass is 302 g/mol. The van der Waals surface area contributed by atoms with Gasteiger partial charge in [0.25, 0.3) is 0 Å². The van der Waals surface area contributed by atoms with E-state index < -0.39 is 11.8 Å². The number of carbonyl (C=O) groups is 1. The number of halogens is 2. The molecule has 0 aliphatic heterocycles. The van der Waals surface area contributed by atoms with Crippen LogP contribution in [0.1, 0.15) is 18.5 Å². The zero-order valence-electron chi connectivity index (χ0n) is 11.9. The standard InChI is InChI=1S/C14H20ClFN2O2/c1-10(12-5-4-11(16)8-13(12)15)18(9-14(19)20)7-6-17(2)3/h4-5,8,10H,6-7,9H2,1-3H3,(H,19,20). The van der Waals surface area contributed by atoms with Gasteiger partial charge in [-0.1, -0.05) is 17.7 Å². The fourth-order valence-electron chi connectivity index (χ4n) is 1.95. The highest BCUT2D eigenvalue weighted by atomic mass is 35.5. The number of benzene rings is 1. The van der Waals surface area contributed by atoms with Crippen LogP contribution in [0.3, 0.4) is 0 Å². The lowest BCUT2D eigenvalue weighted by Crippen LogP contribution is -2.37. The number of likely N-dealkylation sites (N-methyl/N-ethyl adjacent to an activating group) is 1. The number of nitrogens with zero attached hydrogens (tertiary/aromatic N) is 2. The number of hydrogen-bond donors (Lipinski definition) is 1. The molecule has 0 fully saturated rings. The minimum absolute atomic E-state index is 0.0806. The van der Waals surface area contributed by atoms with Gasteiger partial charge in [0.15, 0.2) is 0 Å². The maximum absolute atomic E-state index is 13.1. The first-order chi connectivity index (χ1) is 9.31. The number of aliphatic carboxylic acids is 1. The van der Waals surface area contributed by atoms with Crippen LogP contribution in [0.5, 0.6) is 0 Å². The van der Waals surface area contributed by atoms with E-state index in [1.165, 1.54) is 12.1 Å². The molecule has 1 atom stereocenters. The van der Waals surface area contributed by atoms with Crippen molar-refractivity contribution in [3.05, 3.63) is 34.6 Å². The fourth-order valence-corrected chi connectivity index (χ4v) is 2.27. The van der Waals surface area contributed by atoms with Crippen molar-refractivity contribution < 1.29 is 14.3 Å². The Morgan fingerprint density at radius 1 is 1.40 bits per heavy atom. The van der Waals surface area contributed by atoms with E-state index in [9.17, 15) is 9.18 Å². The Balaban J connectivity index is 2.90. The zero-order chi connectivity index (χ0) is 15.3. The predicted molar refractivity (Wildman–Crippen MR) is 77.6 cm³/mol. The van der Waals surface area contributed by atoms with Gasteiger partial charge in [0.05, 0.1) is 6.54 Å². The van der Waals surface area contributed by atoms with Gasteiger partial charge >= 0.3 is 5.97 Å². The summed E-state index contributed by atoms with van der Waals surface area (Å²) in [4.78, 5) is 14.8. The van der Waals surface area contributed by atoms with Crippen molar-refractivity contribution in [2.75, 3.05) is 33.7 Å². The maximum atomic E-state index is 13.1. The van der Waals surface area contributed by atoms with Gasteiger partial charge in [-0.25, -0.2) is 4.39 Å². The molecule has 0 saturated heterocycles. The van der Waals surface area contributed by atoms with Crippen molar-refractivity contribution in [1.82, 2.24) is 9.80 Å². The summed E-state index contributed by atoms with van der Waals surface area (Å²) in [6.07, 6.45) is 0. The lowest BCUT2D eigenvalue weighted by Gasteiger charge is -2.29. The summed E-state index contributed by atoms with van der Waals surface area (Å²) in [6.45, 7) is 3.12. The fraction of sp³-hybridized carbons (Fsp3) is 0.500. The molecule has 0 heterocycles. The van der Waals surface area contributed by atoms with Crippen molar-refractivity contribution >= 4 is 17.6 Å². The molecule has 0 aliphatic rings. The van der Waals surface area contributed by atoms with E-state index in [0.29, 0.717) is 11.6 Å². The Hall–Kier alpha value is -1.17. The second-order valence-corrected chi connectivity index (χ2v) is 5.42. The van der Waals surface area contributed by atoms with E-state index >= 15 is 0 Å². The average Bonchev–Trinajstić information content (AvgIpc) is 2.33. The van der Waals surface area contributed by atoms with E-state index in [-0.39, 0.29) is 12.6 Å². The summed E-state index contributed by atoms with van der Waals surface area (Å²) in [5.74, 6) is -1.29. The molecular weight excluding hydrogens is 283 g/mol. The van der Waals surface area contributed by atoms with E-state index in [4.69, 9.17) is 16.7 Å². The molecule has 0 saturated carbocycles. The van der Waals surface area contributed by atoms with Gasteiger partial charge in [0.2, 0.25) is 0 Å². The summed E-state index contributed by atoms with van der Waals surface area (Å²) < 4.78 is 13.1. The van der Waals surface area contributed by atoms with Gasteiger partial charge in [-0.05, 0) is 38.7 Å². The molecule has 0 bridgehead atoms. The number of carboxylic acid groups (broad SMARTS) is 1. The van der Waals surface area contributed by atoms with E-state index in [1.54, 1.807) is 11.0 Å². The molecule has 112 valence electrons. The molecule has 1 aromatic carbocycles. The lowest BCUT2D eigenvalue weighted by molar-refractivity contribution is -0.138. The van der Waals surface area contributed by atoms with Crippen LogP contribution in [0.15, 0.2) is 18.2 Å². The SMILES string of the molecule is CC(c1ccc(F)cc1Cl)N(CCN(C)C)CC(=O)O. The first-order valence-corrected chi connectivity index (χ1v) is 6.74. The van der Waals surface area contributed by atoms with E-state index in [1.807, 2.05) is 25.9 Å². The van der Waals surface area contributed by atoms with Gasteiger partial charge in [-0.3, -0.25) is 9.69 Å². The highest BCUT2D eigenvalue weighted by Crippen LogP contribution is 2.27. The Labute approximate surface area is 123 Å². The predicted octanol–water partition coefficient (Wildman–Crippen LogP) is 2.49. The summed E-state index contributed by atoms with van der Waals surface area (Å²) in [6, 6.07) is 3.99. The smallest absolute Gasteiger partial charge is 0.317 e. The summed E-state index contributed by atoms with van der Waals surface area (Å²) in [5, 5.41) is 9.33. The van der Waals surface area contributed by atoms with Crippen LogP contribution in [0.2, 0.25) is 5.02 Å². The van der Waals surface area contributed by atoms with Crippen LogP contribution >= 0.6 is 11.6 Å². The van der Waals surface area contributed by atoms with Crippen LogP contribution in [0.25, 0.3) is 0 Å². The van der Waals surface area contributed by atoms with Crippen molar-refractivity contribution in [1.29, 1.82) is 0 Å². The van der Waals surface area contributed by atoms with Gasteiger partial charge < -0.3 is 10.0 Å². The third-order valence-corrected chi connectivity index (χ3v) is 3.46. The zero-order valence-corrected chi connectivity index (χ0v) is 12.7. The lowest BCUT2D eigenvalue weighted by atomic mass is 10.1. The first kappa shape index (κ1) is 16.9. The van der Waals surface area contributed by atoms with Crippen LogP contribution in [-0.4, -0.2) is 54.6 Å². The van der Waals surface area contributed by atoms with Gasteiger partial charge in [-0.15, -0.1) is 0 Å². The molecule has 1 N–H and O–H groups in total. The van der Waals surface area contributed by atoms with Gasteiger partial charge in [0, 0.05) is 24.2 Å². The maximum Gasteiger partial charge on any atom is 0.317 e. The quantitative estimate of drug-likeness (QED) is 0.840. The van der Waals surface area contributed by atoms with Gasteiger partial charge in [0.1, 0.15) is 5.82 Å². The molecular formula is C14H20ClFN2O2. The molecule has 0 aliphatic carbocycles. The molecule has 0 aromatic heterocycles. The molecule has 20 heavy (non-hydrogen) atoms. The Kier molecular flexibility index (Phi) is 6.39. The Bertz CT molecular complexity index is 468. The minimum atomic E-state index is -0.895. The van der Waals surface area contributed by atoms with Crippen molar-refractivity contribution in [2.45, 2.75) is 13.0 Å². The Morgan fingerprint density at radius 3 is 2.55 bits per heavy atom. The van der Waals surface area contributed by atoms with Crippen LogP contribution in [-0.2, 0) is 4.79 Å². The first-order valence-electron chi connectivity index (χ1n) is 6.36. The van der Waals surface area contributed by atoms with Gasteiger partial charge in [-0.2, -0.15) is 0 Å². The van der Waals surface area contributed by atoms with Crippen LogP contribution < -0.4 is 0 Å². The summed E-state index contributed by atoms with van der Waals surface area (Å²) in [5.41, 5.74) is 0.730. The average molecular weight is 303 g/mol. The topological polar surface area (TPSA) is 43.8 Å². The third kappa shape index (κ3) is 5.07. The second kappa shape index (κ2) is 7.57. The van der Waals surface area contributed by atoms with Crippen LogP contribution in [0.4, 0.5) is 4.39 Å². The van der Waals surface area contributed by atoms with Crippen LogP contribution in [0, 0.1) is 5.82 Å². The Morgan fingerprint density at radius 2 is 2.05 bits per heavy atom. The molecule has 4 nitrogen and oxygen atoms in total. The molecule has 1 rings (SSSR count). The third-order valence-electron chi connectivity index (χ3n) is 3.13. The van der Waals surface area contributed by atoms with E-state index in [2.05, 4.69) is 0 Å². The molecule has 0 radical (unpaired) electrons. The summed E-state index contributed by atoms with van der Waals surface area (Å²) in [7, 11) is 3.85. The van der Waals surface area contributed by atoms with E-state index in [0.717, 1.165) is 12.1 Å². The molecule has 0 amide bonds. The highest BCUT2D eigenvalue weighted by Gasteiger charge is 2.20. The largest absolute Gasteiger partial charge is 0.480 e. The normalized spacial score (nSPS) is 12.9. The molecule has 1 aromatic rings. The second-order valence-electron chi connectivity index (χ2n) is 5.01. The van der Waals surface area contributed by atoms with Crippen molar-refractivity contribution in [2.24, 2.45) is 0 Å². The summed E-state index contributed by atoms with van der Waals surface area (Å²) >= 11 is 6.04. The minimum Gasteiger partial charge on any atom is -0.480 e. The number of carboxylic acids is 1. The molecule has 6 heteroatoms. The van der Waals surface area contributed by atoms with Crippen molar-refractivity contribution in [3.8, 4) is 0 Å². The molecule has 0 spiro atoms. The number of hydrogen-bond acceptors (Lipinski definition) is 3. The van der Waals surface area contributed by atoms with Crippen molar-refractivity contribution in [3.63, 3.8) is 0 Å². The number of rotatable bonds is 7. The highest BCUT2D eigenvalue weighted by molar-refractivity contribution is 6.31.